The lowest BCUT2D eigenvalue weighted by Crippen LogP contribution is -2.14. The largest absolute Gasteiger partial charge is 0.461 e. The summed E-state index contributed by atoms with van der Waals surface area (Å²) in [5.41, 5.74) is 0.261. The van der Waals surface area contributed by atoms with E-state index in [0.29, 0.717) is 0 Å². The summed E-state index contributed by atoms with van der Waals surface area (Å²) in [6.45, 7) is 5.31. The van der Waals surface area contributed by atoms with Crippen molar-refractivity contribution in [1.29, 1.82) is 0 Å². The molecule has 0 aliphatic carbocycles. The predicted octanol–water partition coefficient (Wildman–Crippen LogP) is 1.95. The molecule has 0 aromatic carbocycles. The van der Waals surface area contributed by atoms with E-state index in [4.69, 9.17) is 23.2 Å². The Labute approximate surface area is 76.1 Å². The van der Waals surface area contributed by atoms with Gasteiger partial charge in [-0.1, -0.05) is 6.58 Å². The maximum atomic E-state index is 10.9. The lowest BCUT2D eigenvalue weighted by Gasteiger charge is -2.06. The van der Waals surface area contributed by atoms with Crippen molar-refractivity contribution in [3.8, 4) is 0 Å². The Bertz CT molecular complexity index is 155. The number of rotatable bonds is 4. The number of carbonyl (C=O) groups is 1. The molecule has 64 valence electrons. The van der Waals surface area contributed by atoms with Crippen molar-refractivity contribution < 1.29 is 9.53 Å². The number of ether oxygens (including phenoxy) is 1. The maximum Gasteiger partial charge on any atom is 0.334 e. The molecule has 0 aliphatic rings. The number of esters is 1. The van der Waals surface area contributed by atoms with E-state index in [1.54, 1.807) is 6.92 Å². The van der Waals surface area contributed by atoms with Crippen molar-refractivity contribution in [3.05, 3.63) is 12.2 Å². The fraction of sp³-hybridized carbons (Fsp3) is 0.571. The molecule has 0 bridgehead atoms. The van der Waals surface area contributed by atoms with Crippen LogP contribution < -0.4 is 0 Å². The van der Waals surface area contributed by atoms with Crippen molar-refractivity contribution in [2.75, 3.05) is 12.5 Å². The highest BCUT2D eigenvalue weighted by atomic mass is 35.5. The monoisotopic (exact) mass is 196 g/mol. The first kappa shape index (κ1) is 10.8. The third-order valence-corrected chi connectivity index (χ3v) is 1.47. The zero-order chi connectivity index (χ0) is 8.85. The normalized spacial score (nSPS) is 12.3. The Balaban J connectivity index is 3.75. The van der Waals surface area contributed by atoms with Gasteiger partial charge in [-0.15, -0.1) is 23.2 Å². The molecule has 0 aromatic heterocycles. The molecule has 2 nitrogen and oxygen atoms in total. The number of alkyl halides is 2. The van der Waals surface area contributed by atoms with Gasteiger partial charge in [0.1, 0.15) is 6.61 Å². The van der Waals surface area contributed by atoms with Crippen LogP contribution in [0.1, 0.15) is 6.92 Å². The second kappa shape index (κ2) is 5.44. The number of halogens is 2. The third kappa shape index (κ3) is 4.27. The van der Waals surface area contributed by atoms with Crippen LogP contribution in [0.25, 0.3) is 0 Å². The van der Waals surface area contributed by atoms with E-state index in [-0.39, 0.29) is 18.1 Å². The van der Waals surface area contributed by atoms with Crippen LogP contribution in [0.3, 0.4) is 0 Å². The molecule has 1 atom stereocenters. The molecule has 0 amide bonds. The van der Waals surface area contributed by atoms with Gasteiger partial charge in [-0.2, -0.15) is 0 Å². The molecule has 0 aromatic rings. The summed E-state index contributed by atoms with van der Waals surface area (Å²) in [6.07, 6.45) is 0. The summed E-state index contributed by atoms with van der Waals surface area (Å²) in [5, 5.41) is -0.391. The first-order valence-corrected chi connectivity index (χ1v) is 4.12. The van der Waals surface area contributed by atoms with Gasteiger partial charge >= 0.3 is 5.97 Å². The van der Waals surface area contributed by atoms with E-state index < -0.39 is 11.3 Å². The minimum atomic E-state index is -0.479. The van der Waals surface area contributed by atoms with E-state index in [1.807, 2.05) is 0 Å². The fourth-order valence-electron chi connectivity index (χ4n) is 0.386. The molecule has 4 heteroatoms. The minimum Gasteiger partial charge on any atom is -0.461 e. The van der Waals surface area contributed by atoms with E-state index in [2.05, 4.69) is 11.3 Å². The van der Waals surface area contributed by atoms with Gasteiger partial charge in [0.2, 0.25) is 0 Å². The van der Waals surface area contributed by atoms with Gasteiger partial charge in [-0.05, 0) is 6.92 Å². The quantitative estimate of drug-likeness (QED) is 0.391. The summed E-state index contributed by atoms with van der Waals surface area (Å²) in [4.78, 5) is 10.9. The Hall–Kier alpha value is -0.210. The van der Waals surface area contributed by atoms with E-state index in [0.717, 1.165) is 0 Å². The van der Waals surface area contributed by atoms with Gasteiger partial charge in [0, 0.05) is 5.57 Å². The van der Waals surface area contributed by atoms with Crippen LogP contribution >= 0.6 is 23.2 Å². The zero-order valence-corrected chi connectivity index (χ0v) is 7.78. The first-order chi connectivity index (χ1) is 5.09. The van der Waals surface area contributed by atoms with E-state index in [1.165, 1.54) is 0 Å². The van der Waals surface area contributed by atoms with E-state index >= 15 is 0 Å². The molecule has 0 spiro atoms. The lowest BCUT2D eigenvalue weighted by atomic mass is 10.2. The number of carbonyl (C=O) groups excluding carboxylic acids is 1. The van der Waals surface area contributed by atoms with Crippen LogP contribution in [0.2, 0.25) is 0 Å². The highest BCUT2D eigenvalue weighted by Crippen LogP contribution is 2.07. The summed E-state index contributed by atoms with van der Waals surface area (Å²) >= 11 is 10.9. The standard InChI is InChI=1S/C7H10Cl2O2/c1-5(6(2)9)7(10)11-4-3-8/h6H,1,3-4H2,2H3. The van der Waals surface area contributed by atoms with Crippen LogP contribution in [0.4, 0.5) is 0 Å². The van der Waals surface area contributed by atoms with Crippen LogP contribution in [0.5, 0.6) is 0 Å². The highest BCUT2D eigenvalue weighted by molar-refractivity contribution is 6.24. The second-order valence-corrected chi connectivity index (χ2v) is 3.00. The Morgan fingerprint density at radius 3 is 2.64 bits per heavy atom. The maximum absolute atomic E-state index is 10.9. The molecule has 0 rings (SSSR count). The third-order valence-electron chi connectivity index (χ3n) is 1.05. The average molecular weight is 197 g/mol. The van der Waals surface area contributed by atoms with Crippen molar-refractivity contribution >= 4 is 29.2 Å². The molecule has 0 saturated carbocycles. The van der Waals surface area contributed by atoms with Crippen molar-refractivity contribution in [2.45, 2.75) is 12.3 Å². The molecule has 11 heavy (non-hydrogen) atoms. The minimum absolute atomic E-state index is 0.197. The Kier molecular flexibility index (Phi) is 5.34. The molecule has 0 aliphatic heterocycles. The molecule has 0 heterocycles. The highest BCUT2D eigenvalue weighted by Gasteiger charge is 2.12. The summed E-state index contributed by atoms with van der Waals surface area (Å²) in [6, 6.07) is 0. The van der Waals surface area contributed by atoms with Gasteiger partial charge in [0.05, 0.1) is 11.3 Å². The second-order valence-electron chi connectivity index (χ2n) is 1.97. The number of hydrogen-bond acceptors (Lipinski definition) is 2. The SMILES string of the molecule is C=C(C(=O)OCCCl)C(C)Cl. The van der Waals surface area contributed by atoms with Crippen LogP contribution in [-0.4, -0.2) is 23.8 Å². The molecule has 0 saturated heterocycles. The van der Waals surface area contributed by atoms with Crippen LogP contribution in [0.15, 0.2) is 12.2 Å². The Morgan fingerprint density at radius 1 is 1.73 bits per heavy atom. The fourth-order valence-corrected chi connectivity index (χ4v) is 0.553. The molecule has 1 unspecified atom stereocenters. The Morgan fingerprint density at radius 2 is 2.27 bits per heavy atom. The molecule has 0 N–H and O–H groups in total. The van der Waals surface area contributed by atoms with Crippen molar-refractivity contribution in [3.63, 3.8) is 0 Å². The number of hydrogen-bond donors (Lipinski definition) is 0. The molecule has 0 fully saturated rings. The zero-order valence-electron chi connectivity index (χ0n) is 6.27. The predicted molar refractivity (Wildman–Crippen MR) is 46.1 cm³/mol. The first-order valence-electron chi connectivity index (χ1n) is 3.15. The lowest BCUT2D eigenvalue weighted by molar-refractivity contribution is -0.138. The van der Waals surface area contributed by atoms with Crippen molar-refractivity contribution in [2.24, 2.45) is 0 Å². The van der Waals surface area contributed by atoms with Crippen LogP contribution in [0, 0.1) is 0 Å². The van der Waals surface area contributed by atoms with Crippen LogP contribution in [-0.2, 0) is 9.53 Å². The topological polar surface area (TPSA) is 26.3 Å². The molecule has 0 radical (unpaired) electrons. The smallest absolute Gasteiger partial charge is 0.334 e. The van der Waals surface area contributed by atoms with Gasteiger partial charge in [0.25, 0.3) is 0 Å². The van der Waals surface area contributed by atoms with Gasteiger partial charge < -0.3 is 4.74 Å². The summed E-state index contributed by atoms with van der Waals surface area (Å²) < 4.78 is 4.66. The van der Waals surface area contributed by atoms with E-state index in [9.17, 15) is 4.79 Å². The average Bonchev–Trinajstić information content (AvgIpc) is 1.98. The summed E-state index contributed by atoms with van der Waals surface area (Å²) in [5.74, 6) is -0.191. The molecular weight excluding hydrogens is 187 g/mol. The van der Waals surface area contributed by atoms with Crippen molar-refractivity contribution in [1.82, 2.24) is 0 Å². The van der Waals surface area contributed by atoms with Gasteiger partial charge in [-0.25, -0.2) is 4.79 Å². The van der Waals surface area contributed by atoms with Gasteiger partial charge in [-0.3, -0.25) is 0 Å². The molecular formula is C7H10Cl2O2. The van der Waals surface area contributed by atoms with Gasteiger partial charge in [0.15, 0.2) is 0 Å². The summed E-state index contributed by atoms with van der Waals surface area (Å²) in [7, 11) is 0.